The maximum atomic E-state index is 5.80. The van der Waals surface area contributed by atoms with E-state index in [1.165, 1.54) is 0 Å². The molecule has 2 aromatic rings. The van der Waals surface area contributed by atoms with Gasteiger partial charge >= 0.3 is 0 Å². The van der Waals surface area contributed by atoms with E-state index in [4.69, 9.17) is 37.9 Å². The smallest absolute Gasteiger partial charge is 0.161 e. The molecule has 0 spiro atoms. The van der Waals surface area contributed by atoms with E-state index in [0.717, 1.165) is 6.42 Å². The van der Waals surface area contributed by atoms with Crippen molar-refractivity contribution in [3.8, 4) is 23.0 Å². The summed E-state index contributed by atoms with van der Waals surface area (Å²) in [6, 6.07) is 15.2. The van der Waals surface area contributed by atoms with E-state index in [-0.39, 0.29) is 0 Å². The van der Waals surface area contributed by atoms with Gasteiger partial charge in [0.1, 0.15) is 26.4 Å². The lowest BCUT2D eigenvalue weighted by Gasteiger charge is -2.13. The van der Waals surface area contributed by atoms with Crippen molar-refractivity contribution < 1.29 is 37.9 Å². The molecule has 0 unspecified atom stereocenters. The van der Waals surface area contributed by atoms with Crippen LogP contribution in [0.15, 0.2) is 48.5 Å². The normalized spacial score (nSPS) is 18.4. The molecule has 0 radical (unpaired) electrons. The van der Waals surface area contributed by atoms with Gasteiger partial charge in [-0.3, -0.25) is 0 Å². The summed E-state index contributed by atoms with van der Waals surface area (Å²) in [5.74, 6) is 2.77. The molecule has 0 N–H and O–H groups in total. The first-order chi connectivity index (χ1) is 16.4. The van der Waals surface area contributed by atoms with E-state index in [2.05, 4.69) is 0 Å². The van der Waals surface area contributed by atoms with Crippen LogP contribution in [-0.2, 0) is 18.9 Å². The average molecular weight is 463 g/mol. The molecule has 2 aromatic carbocycles. The molecule has 0 atom stereocenters. The third kappa shape index (κ3) is 10.3. The topological polar surface area (TPSA) is 73.8 Å². The van der Waals surface area contributed by atoms with Crippen LogP contribution in [0.1, 0.15) is 6.42 Å². The van der Waals surface area contributed by atoms with Crippen molar-refractivity contribution in [3.05, 3.63) is 48.5 Å². The fourth-order valence-electron chi connectivity index (χ4n) is 3.01. The molecule has 33 heavy (non-hydrogen) atoms. The van der Waals surface area contributed by atoms with Gasteiger partial charge < -0.3 is 37.9 Å². The predicted octanol–water partition coefficient (Wildman–Crippen LogP) is 3.37. The first-order valence-corrected chi connectivity index (χ1v) is 11.4. The number of rotatable bonds is 0. The van der Waals surface area contributed by atoms with Crippen LogP contribution in [0, 0.1) is 0 Å². The highest BCUT2D eigenvalue weighted by atomic mass is 16.6. The first-order valence-electron chi connectivity index (χ1n) is 11.4. The second-order valence-corrected chi connectivity index (χ2v) is 7.09. The van der Waals surface area contributed by atoms with E-state index < -0.39 is 0 Å². The van der Waals surface area contributed by atoms with Crippen molar-refractivity contribution in [3.63, 3.8) is 0 Å². The van der Waals surface area contributed by atoms with Gasteiger partial charge in [-0.2, -0.15) is 0 Å². The Morgan fingerprint density at radius 3 is 0.939 bits per heavy atom. The maximum Gasteiger partial charge on any atom is 0.161 e. The van der Waals surface area contributed by atoms with Crippen LogP contribution in [0.2, 0.25) is 0 Å². The number of hydrogen-bond acceptors (Lipinski definition) is 8. The standard InChI is InChI=1S/C25H34O8/c1-3-8-24-22(6-1)30-18-14-26-10-5-11-27-15-19-31-23-7-2-4-9-25(23)33-21-17-29-13-12-28-16-20-32-24/h1-4,6-9H,5,10-21H2. The molecule has 0 amide bonds. The molecule has 0 fully saturated rings. The van der Waals surface area contributed by atoms with Crippen LogP contribution >= 0.6 is 0 Å². The van der Waals surface area contributed by atoms with Crippen LogP contribution in [0.25, 0.3) is 0 Å². The molecule has 1 aliphatic heterocycles. The van der Waals surface area contributed by atoms with Crippen molar-refractivity contribution >= 4 is 0 Å². The molecule has 0 saturated carbocycles. The molecule has 1 heterocycles. The van der Waals surface area contributed by atoms with Gasteiger partial charge in [-0.05, 0) is 30.7 Å². The Balaban J connectivity index is 1.43. The summed E-state index contributed by atoms with van der Waals surface area (Å²) in [4.78, 5) is 0. The number of ether oxygens (including phenoxy) is 8. The lowest BCUT2D eigenvalue weighted by molar-refractivity contribution is 0.0266. The number of benzene rings is 2. The number of fused-ring (bicyclic) bond motifs is 2. The lowest BCUT2D eigenvalue weighted by atomic mass is 10.3. The van der Waals surface area contributed by atoms with Crippen molar-refractivity contribution in [1.82, 2.24) is 0 Å². The minimum Gasteiger partial charge on any atom is -0.487 e. The van der Waals surface area contributed by atoms with Crippen molar-refractivity contribution in [2.24, 2.45) is 0 Å². The molecular weight excluding hydrogens is 428 g/mol. The van der Waals surface area contributed by atoms with Gasteiger partial charge in [0.25, 0.3) is 0 Å². The SMILES string of the molecule is c1ccc2c(c1)OCCOCCCOCCOc1ccccc1OCCOCCOCCO2. The lowest BCUT2D eigenvalue weighted by Crippen LogP contribution is -2.14. The summed E-state index contributed by atoms with van der Waals surface area (Å²) >= 11 is 0. The summed E-state index contributed by atoms with van der Waals surface area (Å²) in [6.07, 6.45) is 0.805. The van der Waals surface area contributed by atoms with Gasteiger partial charge in [-0.1, -0.05) is 24.3 Å². The molecule has 0 aromatic heterocycles. The molecule has 1 aliphatic rings. The van der Waals surface area contributed by atoms with Gasteiger partial charge in [-0.15, -0.1) is 0 Å². The predicted molar refractivity (Wildman–Crippen MR) is 123 cm³/mol. The third-order valence-electron chi connectivity index (χ3n) is 4.59. The molecule has 3 rings (SSSR count). The van der Waals surface area contributed by atoms with E-state index in [1.54, 1.807) is 0 Å². The molecular formula is C25H34O8. The largest absolute Gasteiger partial charge is 0.487 e. The van der Waals surface area contributed by atoms with Crippen molar-refractivity contribution in [2.45, 2.75) is 6.42 Å². The molecule has 182 valence electrons. The van der Waals surface area contributed by atoms with E-state index in [9.17, 15) is 0 Å². The van der Waals surface area contributed by atoms with Crippen molar-refractivity contribution in [2.75, 3.05) is 79.3 Å². The monoisotopic (exact) mass is 462 g/mol. The Kier molecular flexibility index (Phi) is 12.3. The molecule has 0 bridgehead atoms. The fraction of sp³-hybridized carbons (Fsp3) is 0.520. The zero-order chi connectivity index (χ0) is 22.8. The second-order valence-electron chi connectivity index (χ2n) is 7.09. The zero-order valence-electron chi connectivity index (χ0n) is 19.1. The number of para-hydroxylation sites is 4. The number of hydrogen-bond donors (Lipinski definition) is 0. The Morgan fingerprint density at radius 2 is 0.606 bits per heavy atom. The summed E-state index contributed by atoms with van der Waals surface area (Å²) in [5, 5.41) is 0. The minimum atomic E-state index is 0.427. The highest BCUT2D eigenvalue weighted by molar-refractivity contribution is 5.40. The van der Waals surface area contributed by atoms with Crippen LogP contribution in [0.4, 0.5) is 0 Å². The van der Waals surface area contributed by atoms with Gasteiger partial charge in [0.2, 0.25) is 0 Å². The summed E-state index contributed by atoms with van der Waals surface area (Å²) in [5.41, 5.74) is 0. The minimum absolute atomic E-state index is 0.427. The van der Waals surface area contributed by atoms with Gasteiger partial charge in [0.05, 0.1) is 39.6 Å². The summed E-state index contributed by atoms with van der Waals surface area (Å²) in [6.45, 7) is 5.86. The average Bonchev–Trinajstić information content (AvgIpc) is 2.84. The van der Waals surface area contributed by atoms with Gasteiger partial charge in [-0.25, -0.2) is 0 Å². The Hall–Kier alpha value is -2.52. The highest BCUT2D eigenvalue weighted by Crippen LogP contribution is 2.27. The van der Waals surface area contributed by atoms with Crippen molar-refractivity contribution in [1.29, 1.82) is 0 Å². The summed E-state index contributed by atoms with van der Waals surface area (Å²) in [7, 11) is 0. The van der Waals surface area contributed by atoms with Crippen LogP contribution in [0.3, 0.4) is 0 Å². The highest BCUT2D eigenvalue weighted by Gasteiger charge is 2.06. The van der Waals surface area contributed by atoms with Gasteiger partial charge in [0.15, 0.2) is 23.0 Å². The molecule has 0 saturated heterocycles. The Bertz CT molecular complexity index is 706. The van der Waals surface area contributed by atoms with Crippen LogP contribution in [-0.4, -0.2) is 79.3 Å². The molecule has 8 nitrogen and oxygen atoms in total. The van der Waals surface area contributed by atoms with Crippen LogP contribution in [0.5, 0.6) is 23.0 Å². The first kappa shape index (κ1) is 25.1. The Morgan fingerprint density at radius 1 is 0.333 bits per heavy atom. The van der Waals surface area contributed by atoms with E-state index in [1.807, 2.05) is 48.5 Å². The third-order valence-corrected chi connectivity index (χ3v) is 4.59. The fourth-order valence-corrected chi connectivity index (χ4v) is 3.01. The van der Waals surface area contributed by atoms with E-state index >= 15 is 0 Å². The summed E-state index contributed by atoms with van der Waals surface area (Å²) < 4.78 is 45.6. The quantitative estimate of drug-likeness (QED) is 0.590. The Labute approximate surface area is 195 Å². The zero-order valence-corrected chi connectivity index (χ0v) is 19.1. The van der Waals surface area contributed by atoms with Gasteiger partial charge in [0, 0.05) is 13.2 Å². The maximum absolute atomic E-state index is 5.80. The van der Waals surface area contributed by atoms with E-state index in [0.29, 0.717) is 102 Å². The molecule has 8 heteroatoms. The van der Waals surface area contributed by atoms with Crippen LogP contribution < -0.4 is 18.9 Å². The molecule has 0 aliphatic carbocycles. The second kappa shape index (κ2) is 16.1.